The van der Waals surface area contributed by atoms with E-state index >= 15 is 0 Å². The Kier molecular flexibility index (Phi) is 6.53. The Hall–Kier alpha value is 0.0600. The lowest BCUT2D eigenvalue weighted by atomic mass is 9.94. The zero-order chi connectivity index (χ0) is 10.4. The highest BCUT2D eigenvalue weighted by Gasteiger charge is 2.16. The van der Waals surface area contributed by atoms with Crippen LogP contribution in [0.2, 0.25) is 0 Å². The minimum atomic E-state index is 0.176. The van der Waals surface area contributed by atoms with Crippen LogP contribution in [-0.2, 0) is 4.79 Å². The van der Waals surface area contributed by atoms with Crippen molar-refractivity contribution in [3.63, 3.8) is 0 Å². The van der Waals surface area contributed by atoms with Crippen molar-refractivity contribution in [3.8, 4) is 0 Å². The van der Waals surface area contributed by atoms with Gasteiger partial charge in [-0.05, 0) is 13.0 Å². The van der Waals surface area contributed by atoms with E-state index in [2.05, 4.69) is 21.0 Å². The van der Waals surface area contributed by atoms with Crippen LogP contribution in [0, 0.1) is 11.8 Å². The van der Waals surface area contributed by atoms with Crippen molar-refractivity contribution in [2.24, 2.45) is 11.8 Å². The molecule has 0 aliphatic heterocycles. The van der Waals surface area contributed by atoms with Crippen LogP contribution in [0.5, 0.6) is 0 Å². The van der Waals surface area contributed by atoms with Gasteiger partial charge in [-0.25, -0.2) is 0 Å². The number of carbonyl (C=O) groups is 1. The van der Waals surface area contributed by atoms with Crippen LogP contribution < -0.4 is 0 Å². The van der Waals surface area contributed by atoms with E-state index in [1.165, 1.54) is 0 Å². The fourth-order valence-corrected chi connectivity index (χ4v) is 1.38. The molecule has 2 atom stereocenters. The predicted molar refractivity (Wildman–Crippen MR) is 60.6 cm³/mol. The van der Waals surface area contributed by atoms with Crippen molar-refractivity contribution in [2.45, 2.75) is 34.1 Å². The van der Waals surface area contributed by atoms with E-state index in [-0.39, 0.29) is 11.8 Å². The van der Waals surface area contributed by atoms with E-state index in [4.69, 9.17) is 0 Å². The maximum absolute atomic E-state index is 11.5. The highest BCUT2D eigenvalue weighted by atomic mass is 31.0. The first kappa shape index (κ1) is 13.1. The molecular formula is C10H22NOP. The van der Waals surface area contributed by atoms with Gasteiger partial charge in [0.1, 0.15) is 5.78 Å². The number of nitrogens with zero attached hydrogens (tertiary/aromatic N) is 1. The van der Waals surface area contributed by atoms with E-state index in [0.717, 1.165) is 19.5 Å². The van der Waals surface area contributed by atoms with Gasteiger partial charge in [0.25, 0.3) is 0 Å². The highest BCUT2D eigenvalue weighted by molar-refractivity contribution is 7.13. The number of hydrogen-bond donors (Lipinski definition) is 0. The summed E-state index contributed by atoms with van der Waals surface area (Å²) in [5.74, 6) is 0.763. The molecule has 0 bridgehead atoms. The Morgan fingerprint density at radius 3 is 2.31 bits per heavy atom. The van der Waals surface area contributed by atoms with Gasteiger partial charge in [0.2, 0.25) is 0 Å². The van der Waals surface area contributed by atoms with E-state index in [9.17, 15) is 4.79 Å². The maximum atomic E-state index is 11.5. The SMILES string of the molecule is CCN(P)CCC(C)C(=O)C(C)C. The Labute approximate surface area is 84.3 Å². The first-order valence-electron chi connectivity index (χ1n) is 5.02. The van der Waals surface area contributed by atoms with Gasteiger partial charge in [-0.3, -0.25) is 9.46 Å². The summed E-state index contributed by atoms with van der Waals surface area (Å²) in [4.78, 5) is 11.5. The summed E-state index contributed by atoms with van der Waals surface area (Å²) in [7, 11) is 2.68. The van der Waals surface area contributed by atoms with Crippen molar-refractivity contribution in [2.75, 3.05) is 13.1 Å². The molecule has 0 heterocycles. The summed E-state index contributed by atoms with van der Waals surface area (Å²) < 4.78 is 2.16. The van der Waals surface area contributed by atoms with Crippen molar-refractivity contribution in [1.29, 1.82) is 0 Å². The number of hydrogen-bond acceptors (Lipinski definition) is 2. The maximum Gasteiger partial charge on any atom is 0.138 e. The van der Waals surface area contributed by atoms with Crippen molar-refractivity contribution < 1.29 is 4.79 Å². The predicted octanol–water partition coefficient (Wildman–Crippen LogP) is 2.35. The Balaban J connectivity index is 3.74. The lowest BCUT2D eigenvalue weighted by molar-refractivity contribution is -0.125. The highest BCUT2D eigenvalue weighted by Crippen LogP contribution is 2.12. The molecule has 0 saturated carbocycles. The normalized spacial score (nSPS) is 13.8. The Bertz CT molecular complexity index is 159. The largest absolute Gasteiger partial charge is 0.299 e. The molecule has 0 radical (unpaired) electrons. The molecule has 0 aliphatic rings. The second kappa shape index (κ2) is 6.50. The number of ketones is 1. The van der Waals surface area contributed by atoms with Crippen LogP contribution in [0.4, 0.5) is 0 Å². The molecule has 13 heavy (non-hydrogen) atoms. The summed E-state index contributed by atoms with van der Waals surface area (Å²) in [6.07, 6.45) is 0.967. The van der Waals surface area contributed by atoms with Gasteiger partial charge in [-0.2, -0.15) is 0 Å². The van der Waals surface area contributed by atoms with Gasteiger partial charge in [0.05, 0.1) is 0 Å². The van der Waals surface area contributed by atoms with Gasteiger partial charge in [-0.1, -0.05) is 37.1 Å². The second-order valence-electron chi connectivity index (χ2n) is 3.88. The fraction of sp³-hybridized carbons (Fsp3) is 0.900. The Morgan fingerprint density at radius 1 is 1.38 bits per heavy atom. The third-order valence-electron chi connectivity index (χ3n) is 2.31. The van der Waals surface area contributed by atoms with Crippen molar-refractivity contribution in [3.05, 3.63) is 0 Å². The first-order chi connectivity index (χ1) is 5.99. The van der Waals surface area contributed by atoms with Gasteiger partial charge in [-0.15, -0.1) is 0 Å². The molecule has 0 fully saturated rings. The first-order valence-corrected chi connectivity index (χ1v) is 5.54. The van der Waals surface area contributed by atoms with E-state index in [1.807, 2.05) is 20.8 Å². The molecule has 3 heteroatoms. The van der Waals surface area contributed by atoms with E-state index in [1.54, 1.807) is 0 Å². The van der Waals surface area contributed by atoms with Crippen molar-refractivity contribution >= 4 is 15.2 Å². The lowest BCUT2D eigenvalue weighted by Crippen LogP contribution is -2.22. The lowest BCUT2D eigenvalue weighted by Gasteiger charge is -2.17. The monoisotopic (exact) mass is 203 g/mol. The molecule has 2 unspecified atom stereocenters. The molecule has 2 nitrogen and oxygen atoms in total. The minimum Gasteiger partial charge on any atom is -0.299 e. The van der Waals surface area contributed by atoms with Crippen LogP contribution in [0.3, 0.4) is 0 Å². The minimum absolute atomic E-state index is 0.176. The summed E-state index contributed by atoms with van der Waals surface area (Å²) >= 11 is 0. The molecule has 0 aromatic rings. The molecular weight excluding hydrogens is 181 g/mol. The summed E-state index contributed by atoms with van der Waals surface area (Å²) in [6, 6.07) is 0. The zero-order valence-electron chi connectivity index (χ0n) is 9.21. The van der Waals surface area contributed by atoms with Gasteiger partial charge >= 0.3 is 0 Å². The molecule has 78 valence electrons. The average Bonchev–Trinajstić information content (AvgIpc) is 2.11. The fourth-order valence-electron chi connectivity index (χ4n) is 1.23. The summed E-state index contributed by atoms with van der Waals surface area (Å²) in [5.41, 5.74) is 0. The molecule has 0 rings (SSSR count). The molecule has 0 aliphatic carbocycles. The molecule has 0 aromatic carbocycles. The summed E-state index contributed by atoms with van der Waals surface area (Å²) in [5, 5.41) is 0. The standard InChI is InChI=1S/C10H22NOP/c1-5-11(13)7-6-9(4)10(12)8(2)3/h8-9H,5-7,13H2,1-4H3. The third-order valence-corrected chi connectivity index (χ3v) is 2.93. The number of Topliss-reactive ketones (excluding diaryl/α,β-unsaturated/α-hetero) is 1. The van der Waals surface area contributed by atoms with Gasteiger partial charge < -0.3 is 0 Å². The van der Waals surface area contributed by atoms with Crippen LogP contribution in [-0.4, -0.2) is 23.5 Å². The van der Waals surface area contributed by atoms with Crippen LogP contribution >= 0.6 is 9.39 Å². The topological polar surface area (TPSA) is 20.3 Å². The van der Waals surface area contributed by atoms with Gasteiger partial charge in [0.15, 0.2) is 0 Å². The third kappa shape index (κ3) is 5.38. The number of carbonyl (C=O) groups excluding carboxylic acids is 1. The molecule has 0 saturated heterocycles. The van der Waals surface area contributed by atoms with Crippen LogP contribution in [0.25, 0.3) is 0 Å². The number of rotatable bonds is 6. The molecule has 0 aromatic heterocycles. The average molecular weight is 203 g/mol. The molecule has 0 spiro atoms. The van der Waals surface area contributed by atoms with E-state index < -0.39 is 0 Å². The van der Waals surface area contributed by atoms with Crippen molar-refractivity contribution in [1.82, 2.24) is 4.67 Å². The van der Waals surface area contributed by atoms with E-state index in [0.29, 0.717) is 5.78 Å². The van der Waals surface area contributed by atoms with Crippen LogP contribution in [0.1, 0.15) is 34.1 Å². The smallest absolute Gasteiger partial charge is 0.138 e. The second-order valence-corrected chi connectivity index (χ2v) is 4.61. The zero-order valence-corrected chi connectivity index (χ0v) is 10.4. The van der Waals surface area contributed by atoms with Gasteiger partial charge in [0, 0.05) is 18.4 Å². The molecule has 0 amide bonds. The van der Waals surface area contributed by atoms with Crippen LogP contribution in [0.15, 0.2) is 0 Å². The molecule has 0 N–H and O–H groups in total. The Morgan fingerprint density at radius 2 is 1.92 bits per heavy atom. The summed E-state index contributed by atoms with van der Waals surface area (Å²) in [6.45, 7) is 10.1. The quantitative estimate of drug-likeness (QED) is 0.618.